The lowest BCUT2D eigenvalue weighted by atomic mass is 9.45. The fourth-order valence-electron chi connectivity index (χ4n) is 7.94. The molecule has 5 heteroatoms. The third-order valence-electron chi connectivity index (χ3n) is 9.29. The predicted molar refractivity (Wildman–Crippen MR) is 133 cm³/mol. The summed E-state index contributed by atoms with van der Waals surface area (Å²) in [7, 11) is -3.18. The normalized spacial score (nSPS) is 43.2. The number of carbonyl (C=O) groups is 1. The third kappa shape index (κ3) is 4.22. The zero-order chi connectivity index (χ0) is 22.8. The fraction of sp³-hybridized carbons (Fsp3) is 0.885. The second kappa shape index (κ2) is 7.92. The van der Waals surface area contributed by atoms with Crippen LogP contribution in [0.15, 0.2) is 11.6 Å². The van der Waals surface area contributed by atoms with Crippen LogP contribution in [0, 0.1) is 34.5 Å². The summed E-state index contributed by atoms with van der Waals surface area (Å²) in [4.78, 5) is 12.6. The van der Waals surface area contributed by atoms with E-state index in [0.29, 0.717) is 35.6 Å². The standard InChI is InChI=1S/C26H46O3Si2/c1-18-15-20(27)16-19-9-10-21-22-11-12-24(29-31(6,7)8)25(22,2)14-13-23(21)26(18,19)17-28-30(3,4)5/h9,18,21-24H,10-17H2,1-8H3/t18-,21-,22-,23-,24-,25-,26-/m0/s1. The molecule has 0 aliphatic heterocycles. The van der Waals surface area contributed by atoms with E-state index in [-0.39, 0.29) is 5.41 Å². The van der Waals surface area contributed by atoms with Gasteiger partial charge < -0.3 is 8.85 Å². The van der Waals surface area contributed by atoms with Gasteiger partial charge in [-0.25, -0.2) is 0 Å². The van der Waals surface area contributed by atoms with Gasteiger partial charge in [0.1, 0.15) is 5.78 Å². The van der Waals surface area contributed by atoms with Crippen molar-refractivity contribution in [3.63, 3.8) is 0 Å². The number of allylic oxidation sites excluding steroid dienone is 1. The first kappa shape index (κ1) is 23.9. The number of fused-ring (bicyclic) bond motifs is 5. The molecule has 0 unspecified atom stereocenters. The van der Waals surface area contributed by atoms with Gasteiger partial charge in [0.2, 0.25) is 0 Å². The zero-order valence-electron chi connectivity index (χ0n) is 21.3. The summed E-state index contributed by atoms with van der Waals surface area (Å²) in [5.41, 5.74) is 1.84. The maximum atomic E-state index is 12.6. The van der Waals surface area contributed by atoms with Crippen molar-refractivity contribution in [1.29, 1.82) is 0 Å². The minimum absolute atomic E-state index is 0.0795. The number of carbonyl (C=O) groups excluding carboxylic acids is 1. The average molecular weight is 463 g/mol. The van der Waals surface area contributed by atoms with Crippen molar-refractivity contribution in [3.05, 3.63) is 11.6 Å². The second-order valence-electron chi connectivity index (χ2n) is 13.4. The Morgan fingerprint density at radius 3 is 2.39 bits per heavy atom. The maximum Gasteiger partial charge on any atom is 0.184 e. The molecule has 31 heavy (non-hydrogen) atoms. The van der Waals surface area contributed by atoms with Gasteiger partial charge in [0.05, 0.1) is 6.10 Å². The van der Waals surface area contributed by atoms with Crippen LogP contribution in [0.4, 0.5) is 0 Å². The van der Waals surface area contributed by atoms with Crippen molar-refractivity contribution in [2.75, 3.05) is 6.61 Å². The molecule has 0 amide bonds. The van der Waals surface area contributed by atoms with E-state index in [2.05, 4.69) is 59.2 Å². The van der Waals surface area contributed by atoms with Gasteiger partial charge in [-0.05, 0) is 100 Å². The molecule has 0 spiro atoms. The summed E-state index contributed by atoms with van der Waals surface area (Å²) in [5.74, 6) is 2.96. The van der Waals surface area contributed by atoms with Crippen LogP contribution >= 0.6 is 0 Å². The van der Waals surface area contributed by atoms with Crippen LogP contribution in [0.3, 0.4) is 0 Å². The molecule has 0 saturated heterocycles. The maximum absolute atomic E-state index is 12.6. The minimum atomic E-state index is -1.63. The van der Waals surface area contributed by atoms with Gasteiger partial charge in [-0.1, -0.05) is 25.5 Å². The molecular formula is C26H46O3Si2. The Morgan fingerprint density at radius 2 is 1.74 bits per heavy atom. The van der Waals surface area contributed by atoms with Gasteiger partial charge in [-0.3, -0.25) is 4.79 Å². The fourth-order valence-corrected chi connectivity index (χ4v) is 9.85. The van der Waals surface area contributed by atoms with Gasteiger partial charge in [0, 0.05) is 24.9 Å². The Labute approximate surface area is 193 Å². The molecule has 176 valence electrons. The monoisotopic (exact) mass is 462 g/mol. The highest BCUT2D eigenvalue weighted by Gasteiger charge is 2.62. The van der Waals surface area contributed by atoms with E-state index < -0.39 is 16.6 Å². The van der Waals surface area contributed by atoms with Crippen LogP contribution in [0.25, 0.3) is 0 Å². The van der Waals surface area contributed by atoms with Crippen LogP contribution < -0.4 is 0 Å². The Hall–Kier alpha value is -0.236. The zero-order valence-corrected chi connectivity index (χ0v) is 23.3. The summed E-state index contributed by atoms with van der Waals surface area (Å²) in [5, 5.41) is 0. The summed E-state index contributed by atoms with van der Waals surface area (Å²) >= 11 is 0. The van der Waals surface area contributed by atoms with Crippen LogP contribution in [-0.4, -0.2) is 35.1 Å². The van der Waals surface area contributed by atoms with Crippen molar-refractivity contribution in [2.45, 2.75) is 104 Å². The first-order valence-corrected chi connectivity index (χ1v) is 19.6. The molecule has 0 heterocycles. The topological polar surface area (TPSA) is 35.5 Å². The van der Waals surface area contributed by atoms with Crippen LogP contribution in [0.1, 0.15) is 58.8 Å². The van der Waals surface area contributed by atoms with Crippen molar-refractivity contribution in [2.24, 2.45) is 34.5 Å². The number of ketones is 1. The van der Waals surface area contributed by atoms with E-state index in [0.717, 1.165) is 31.3 Å². The van der Waals surface area contributed by atoms with Gasteiger partial charge in [-0.2, -0.15) is 0 Å². The largest absolute Gasteiger partial charge is 0.417 e. The lowest BCUT2D eigenvalue weighted by Gasteiger charge is -2.60. The predicted octanol–water partition coefficient (Wildman–Crippen LogP) is 6.82. The molecule has 0 aromatic heterocycles. The lowest BCUT2D eigenvalue weighted by molar-refractivity contribution is -0.129. The highest BCUT2D eigenvalue weighted by molar-refractivity contribution is 6.70. The van der Waals surface area contributed by atoms with Crippen molar-refractivity contribution >= 4 is 22.4 Å². The van der Waals surface area contributed by atoms with Crippen molar-refractivity contribution < 1.29 is 13.6 Å². The van der Waals surface area contributed by atoms with E-state index in [1.54, 1.807) is 0 Å². The second-order valence-corrected chi connectivity index (χ2v) is 22.4. The van der Waals surface area contributed by atoms with Gasteiger partial charge in [0.25, 0.3) is 0 Å². The summed E-state index contributed by atoms with van der Waals surface area (Å²) < 4.78 is 13.4. The van der Waals surface area contributed by atoms with E-state index in [4.69, 9.17) is 8.85 Å². The molecule has 0 bridgehead atoms. The molecule has 7 atom stereocenters. The summed E-state index contributed by atoms with van der Waals surface area (Å²) in [6, 6.07) is 0. The van der Waals surface area contributed by atoms with Crippen LogP contribution in [0.5, 0.6) is 0 Å². The van der Waals surface area contributed by atoms with Crippen molar-refractivity contribution in [3.8, 4) is 0 Å². The highest BCUT2D eigenvalue weighted by atomic mass is 28.4. The summed E-state index contributed by atoms with van der Waals surface area (Å²) in [6.07, 6.45) is 10.6. The molecule has 4 aliphatic rings. The number of hydrogen-bond donors (Lipinski definition) is 0. The van der Waals surface area contributed by atoms with Gasteiger partial charge in [0.15, 0.2) is 16.6 Å². The summed E-state index contributed by atoms with van der Waals surface area (Å²) in [6.45, 7) is 19.7. The smallest absolute Gasteiger partial charge is 0.184 e. The number of Topliss-reactive ketones (excluding diaryl/α,β-unsaturated/α-hetero) is 1. The average Bonchev–Trinajstić information content (AvgIpc) is 2.94. The molecule has 4 rings (SSSR count). The van der Waals surface area contributed by atoms with E-state index in [1.807, 2.05) is 0 Å². The quantitative estimate of drug-likeness (QED) is 0.332. The number of rotatable bonds is 5. The number of hydrogen-bond acceptors (Lipinski definition) is 3. The Bertz CT molecular complexity index is 749. The highest BCUT2D eigenvalue weighted by Crippen LogP contribution is 2.66. The Morgan fingerprint density at radius 1 is 1.03 bits per heavy atom. The van der Waals surface area contributed by atoms with E-state index >= 15 is 0 Å². The lowest BCUT2D eigenvalue weighted by Crippen LogP contribution is -2.57. The Kier molecular flexibility index (Phi) is 6.11. The molecule has 0 aromatic rings. The molecule has 0 N–H and O–H groups in total. The van der Waals surface area contributed by atoms with Gasteiger partial charge >= 0.3 is 0 Å². The minimum Gasteiger partial charge on any atom is -0.417 e. The molecule has 4 aliphatic carbocycles. The SMILES string of the molecule is C[C@H]1CC(=O)CC2=CC[C@H]3[C@@H]4CC[C@H](O[Si](C)(C)C)[C@@]4(C)CC[C@@H]3[C@]21CO[Si](C)(C)C. The Balaban J connectivity index is 1.68. The van der Waals surface area contributed by atoms with Crippen LogP contribution in [-0.2, 0) is 13.6 Å². The van der Waals surface area contributed by atoms with E-state index in [9.17, 15) is 4.79 Å². The molecule has 0 radical (unpaired) electrons. The molecule has 3 nitrogen and oxygen atoms in total. The molecular weight excluding hydrogens is 416 g/mol. The molecule has 3 saturated carbocycles. The first-order valence-electron chi connectivity index (χ1n) is 12.8. The molecule has 0 aromatic carbocycles. The first-order chi connectivity index (χ1) is 14.3. The van der Waals surface area contributed by atoms with E-state index in [1.165, 1.54) is 31.3 Å². The van der Waals surface area contributed by atoms with Crippen LogP contribution in [0.2, 0.25) is 39.3 Å². The third-order valence-corrected chi connectivity index (χ3v) is 11.3. The molecule has 3 fully saturated rings. The van der Waals surface area contributed by atoms with Crippen molar-refractivity contribution in [1.82, 2.24) is 0 Å². The van der Waals surface area contributed by atoms with Gasteiger partial charge in [-0.15, -0.1) is 0 Å².